The van der Waals surface area contributed by atoms with Gasteiger partial charge >= 0.3 is 0 Å². The van der Waals surface area contributed by atoms with E-state index in [1.165, 1.54) is 11.1 Å². The number of nitrogens with zero attached hydrogens (tertiary/aromatic N) is 3. The number of hydrogen-bond acceptors (Lipinski definition) is 4. The van der Waals surface area contributed by atoms with Gasteiger partial charge in [-0.15, -0.1) is 0 Å². The summed E-state index contributed by atoms with van der Waals surface area (Å²) in [5.41, 5.74) is 3.19. The van der Waals surface area contributed by atoms with Crippen LogP contribution in [0.5, 0.6) is 0 Å². The molecule has 1 aromatic carbocycles. The van der Waals surface area contributed by atoms with Crippen molar-refractivity contribution in [3.8, 4) is 0 Å². The highest BCUT2D eigenvalue weighted by Crippen LogP contribution is 2.18. The quantitative estimate of drug-likeness (QED) is 0.851. The van der Waals surface area contributed by atoms with E-state index in [0.29, 0.717) is 12.2 Å². The first-order valence-corrected chi connectivity index (χ1v) is 9.50. The van der Waals surface area contributed by atoms with Crippen LogP contribution in [0.4, 0.5) is 0 Å². The van der Waals surface area contributed by atoms with Gasteiger partial charge in [0.05, 0.1) is 6.10 Å². The molecule has 0 saturated heterocycles. The maximum Gasteiger partial charge on any atom is 0.271 e. The van der Waals surface area contributed by atoms with Crippen molar-refractivity contribution >= 4 is 5.91 Å². The van der Waals surface area contributed by atoms with E-state index in [2.05, 4.69) is 44.0 Å². The highest BCUT2D eigenvalue weighted by molar-refractivity contribution is 5.92. The van der Waals surface area contributed by atoms with Crippen molar-refractivity contribution in [1.29, 1.82) is 0 Å². The van der Waals surface area contributed by atoms with Crippen LogP contribution in [-0.4, -0.2) is 51.2 Å². The fourth-order valence-corrected chi connectivity index (χ4v) is 3.90. The Hall–Kier alpha value is -2.18. The van der Waals surface area contributed by atoms with Crippen molar-refractivity contribution in [2.45, 2.75) is 44.9 Å². The molecule has 0 fully saturated rings. The molecule has 0 spiro atoms. The lowest BCUT2D eigenvalue weighted by Gasteiger charge is -2.30. The normalized spacial score (nSPS) is 18.0. The Morgan fingerprint density at radius 2 is 2.04 bits per heavy atom. The number of aliphatic hydroxyl groups is 1. The largest absolute Gasteiger partial charge is 0.390 e. The fraction of sp³-hybridized carbons (Fsp3) is 0.500. The predicted octanol–water partition coefficient (Wildman–Crippen LogP) is 1.37. The Morgan fingerprint density at radius 1 is 1.19 bits per heavy atom. The van der Waals surface area contributed by atoms with E-state index in [-0.39, 0.29) is 12.5 Å². The molecule has 1 aromatic heterocycles. The minimum absolute atomic E-state index is 0.199. The molecule has 1 atom stereocenters. The number of nitrogens with one attached hydrogen (secondary N) is 1. The lowest BCUT2D eigenvalue weighted by Crippen LogP contribution is -2.42. The van der Waals surface area contributed by atoms with E-state index in [9.17, 15) is 9.90 Å². The van der Waals surface area contributed by atoms with Gasteiger partial charge in [-0.05, 0) is 30.4 Å². The summed E-state index contributed by atoms with van der Waals surface area (Å²) < 4.78 is 2.07. The highest BCUT2D eigenvalue weighted by Gasteiger charge is 2.20. The maximum absolute atomic E-state index is 12.3. The lowest BCUT2D eigenvalue weighted by molar-refractivity contribution is 0.0838. The Kier molecular flexibility index (Phi) is 5.04. The van der Waals surface area contributed by atoms with Gasteiger partial charge in [0.25, 0.3) is 5.91 Å². The van der Waals surface area contributed by atoms with Gasteiger partial charge in [0.2, 0.25) is 0 Å². The van der Waals surface area contributed by atoms with Crippen LogP contribution in [-0.2, 0) is 25.9 Å². The average Bonchev–Trinajstić information content (AvgIpc) is 3.10. The summed E-state index contributed by atoms with van der Waals surface area (Å²) in [5.74, 6) is 0.795. The molecule has 6 nitrogen and oxygen atoms in total. The number of carbonyl (C=O) groups excluding carboxylic acids is 1. The molecule has 0 aliphatic carbocycles. The molecule has 0 saturated carbocycles. The molecule has 2 N–H and O–H groups in total. The molecule has 2 aromatic rings. The van der Waals surface area contributed by atoms with Crippen LogP contribution in [0.3, 0.4) is 0 Å². The average molecular weight is 354 g/mol. The van der Waals surface area contributed by atoms with Gasteiger partial charge in [-0.25, -0.2) is 4.98 Å². The van der Waals surface area contributed by atoms with Gasteiger partial charge < -0.3 is 15.0 Å². The molecule has 0 radical (unpaired) electrons. The summed E-state index contributed by atoms with van der Waals surface area (Å²) in [5, 5.41) is 13.2. The molecule has 3 heterocycles. The topological polar surface area (TPSA) is 70.4 Å². The van der Waals surface area contributed by atoms with Gasteiger partial charge in [-0.3, -0.25) is 9.69 Å². The lowest BCUT2D eigenvalue weighted by atomic mass is 10.00. The molecule has 0 bridgehead atoms. The molecule has 4 rings (SSSR count). The molecule has 6 heteroatoms. The third kappa shape index (κ3) is 3.81. The first-order valence-electron chi connectivity index (χ1n) is 9.50. The third-order valence-corrected chi connectivity index (χ3v) is 5.32. The van der Waals surface area contributed by atoms with Gasteiger partial charge in [-0.2, -0.15) is 0 Å². The van der Waals surface area contributed by atoms with Crippen LogP contribution >= 0.6 is 0 Å². The van der Waals surface area contributed by atoms with Crippen molar-refractivity contribution in [2.75, 3.05) is 19.6 Å². The number of rotatable bonds is 5. The van der Waals surface area contributed by atoms with Gasteiger partial charge in [0.1, 0.15) is 11.5 Å². The zero-order valence-corrected chi connectivity index (χ0v) is 15.0. The second-order valence-electron chi connectivity index (χ2n) is 7.31. The van der Waals surface area contributed by atoms with Crippen molar-refractivity contribution in [1.82, 2.24) is 19.8 Å². The summed E-state index contributed by atoms with van der Waals surface area (Å²) >= 11 is 0. The fourth-order valence-electron chi connectivity index (χ4n) is 3.90. The minimum atomic E-state index is -0.582. The number of aliphatic hydroxyl groups excluding tert-OH is 1. The van der Waals surface area contributed by atoms with Crippen molar-refractivity contribution in [2.24, 2.45) is 0 Å². The van der Waals surface area contributed by atoms with Crippen LogP contribution in [0.1, 0.15) is 40.3 Å². The molecule has 1 amide bonds. The van der Waals surface area contributed by atoms with Gasteiger partial charge in [0.15, 0.2) is 0 Å². The van der Waals surface area contributed by atoms with E-state index in [1.54, 1.807) is 0 Å². The number of fused-ring (bicyclic) bond motifs is 2. The Labute approximate surface area is 153 Å². The Bertz CT molecular complexity index is 762. The number of imidazole rings is 1. The first kappa shape index (κ1) is 17.2. The van der Waals surface area contributed by atoms with Gasteiger partial charge in [0, 0.05) is 45.3 Å². The van der Waals surface area contributed by atoms with E-state index in [0.717, 1.165) is 51.1 Å². The smallest absolute Gasteiger partial charge is 0.271 e. The first-order chi connectivity index (χ1) is 12.7. The maximum atomic E-state index is 12.3. The summed E-state index contributed by atoms with van der Waals surface area (Å²) in [7, 11) is 0. The summed E-state index contributed by atoms with van der Waals surface area (Å²) in [6.07, 6.45) is 5.47. The van der Waals surface area contributed by atoms with Crippen LogP contribution in [0.15, 0.2) is 30.5 Å². The Balaban J connectivity index is 1.27. The van der Waals surface area contributed by atoms with E-state index < -0.39 is 6.10 Å². The predicted molar refractivity (Wildman–Crippen MR) is 98.9 cm³/mol. The summed E-state index contributed by atoms with van der Waals surface area (Å²) in [6, 6.07) is 8.46. The monoisotopic (exact) mass is 354 g/mol. The number of amides is 1. The zero-order chi connectivity index (χ0) is 17.9. The molecule has 2 aliphatic heterocycles. The van der Waals surface area contributed by atoms with Crippen LogP contribution in [0, 0.1) is 0 Å². The number of hydrogen-bond donors (Lipinski definition) is 2. The minimum Gasteiger partial charge on any atom is -0.390 e. The third-order valence-electron chi connectivity index (χ3n) is 5.32. The Morgan fingerprint density at radius 3 is 2.88 bits per heavy atom. The summed E-state index contributed by atoms with van der Waals surface area (Å²) in [6.45, 7) is 3.55. The second kappa shape index (κ2) is 7.60. The van der Waals surface area contributed by atoms with Crippen LogP contribution in [0.25, 0.3) is 0 Å². The standard InChI is InChI=1S/C20H26N4O2/c25-17(13-23-10-8-15-5-1-2-6-16(15)12-23)11-21-20(26)18-14-24-9-4-3-7-19(24)22-18/h1-2,5-6,14,17,25H,3-4,7-13H2,(H,21,26). The molecule has 26 heavy (non-hydrogen) atoms. The highest BCUT2D eigenvalue weighted by atomic mass is 16.3. The van der Waals surface area contributed by atoms with E-state index in [4.69, 9.17) is 0 Å². The number of β-amino-alcohol motifs (C(OH)–C–C–N with tert-alkyl or cyclic N) is 1. The molecule has 1 unspecified atom stereocenters. The molecule has 138 valence electrons. The van der Waals surface area contributed by atoms with Crippen molar-refractivity contribution < 1.29 is 9.90 Å². The number of benzene rings is 1. The zero-order valence-electron chi connectivity index (χ0n) is 15.0. The summed E-state index contributed by atoms with van der Waals surface area (Å²) in [4.78, 5) is 19.0. The van der Waals surface area contributed by atoms with E-state index >= 15 is 0 Å². The number of aryl methyl sites for hydroxylation is 2. The van der Waals surface area contributed by atoms with Crippen LogP contribution < -0.4 is 5.32 Å². The number of aromatic nitrogens is 2. The molecular formula is C20H26N4O2. The van der Waals surface area contributed by atoms with Gasteiger partial charge in [-0.1, -0.05) is 24.3 Å². The molecular weight excluding hydrogens is 328 g/mol. The molecule has 2 aliphatic rings. The van der Waals surface area contributed by atoms with E-state index in [1.807, 2.05) is 6.20 Å². The van der Waals surface area contributed by atoms with Crippen molar-refractivity contribution in [3.63, 3.8) is 0 Å². The van der Waals surface area contributed by atoms with Crippen molar-refractivity contribution in [3.05, 3.63) is 53.1 Å². The number of carbonyl (C=O) groups is 1. The van der Waals surface area contributed by atoms with Crippen LogP contribution in [0.2, 0.25) is 0 Å². The SMILES string of the molecule is O=C(NCC(O)CN1CCc2ccccc2C1)c1cn2c(n1)CCCC2. The second-order valence-corrected chi connectivity index (χ2v) is 7.31.